The van der Waals surface area contributed by atoms with Gasteiger partial charge in [-0.2, -0.15) is 0 Å². The number of phenols is 1. The number of rotatable bonds is 2. The van der Waals surface area contributed by atoms with Crippen LogP contribution in [0.1, 0.15) is 12.5 Å². The Bertz CT molecular complexity index is 323. The zero-order chi connectivity index (χ0) is 9.84. The van der Waals surface area contributed by atoms with Crippen LogP contribution in [0.15, 0.2) is 18.2 Å². The standard InChI is InChI=1S/C9H12N2O2/c1-6(12)11-5-7-2-3-9(13)8(10)4-7/h2-4,13H,5,10H2,1H3,(H,11,12). The summed E-state index contributed by atoms with van der Waals surface area (Å²) < 4.78 is 0. The Labute approximate surface area is 76.4 Å². The molecule has 1 aromatic carbocycles. The second-order valence-corrected chi connectivity index (χ2v) is 2.80. The predicted octanol–water partition coefficient (Wildman–Crippen LogP) is 0.611. The summed E-state index contributed by atoms with van der Waals surface area (Å²) in [6, 6.07) is 4.85. The van der Waals surface area contributed by atoms with Crippen molar-refractivity contribution in [2.24, 2.45) is 0 Å². The molecule has 4 heteroatoms. The van der Waals surface area contributed by atoms with Gasteiger partial charge in [0.1, 0.15) is 5.75 Å². The average molecular weight is 180 g/mol. The lowest BCUT2D eigenvalue weighted by Gasteiger charge is -2.04. The first-order valence-corrected chi connectivity index (χ1v) is 3.91. The van der Waals surface area contributed by atoms with Crippen LogP contribution >= 0.6 is 0 Å². The summed E-state index contributed by atoms with van der Waals surface area (Å²) in [5.41, 5.74) is 6.65. The molecule has 0 heterocycles. The third kappa shape index (κ3) is 2.66. The summed E-state index contributed by atoms with van der Waals surface area (Å²) in [5, 5.41) is 11.7. The number of benzene rings is 1. The highest BCUT2D eigenvalue weighted by Crippen LogP contribution is 2.19. The Kier molecular flexibility index (Phi) is 2.74. The lowest BCUT2D eigenvalue weighted by Crippen LogP contribution is -2.18. The molecule has 1 aromatic rings. The molecule has 0 fully saturated rings. The monoisotopic (exact) mass is 180 g/mol. The van der Waals surface area contributed by atoms with Crippen LogP contribution in [0.25, 0.3) is 0 Å². The molecule has 4 nitrogen and oxygen atoms in total. The number of amides is 1. The Balaban J connectivity index is 2.68. The van der Waals surface area contributed by atoms with Crippen molar-refractivity contribution in [3.8, 4) is 5.75 Å². The highest BCUT2D eigenvalue weighted by molar-refractivity contribution is 5.72. The summed E-state index contributed by atoms with van der Waals surface area (Å²) in [4.78, 5) is 10.6. The fourth-order valence-corrected chi connectivity index (χ4v) is 0.940. The van der Waals surface area contributed by atoms with E-state index in [9.17, 15) is 4.79 Å². The van der Waals surface area contributed by atoms with Gasteiger partial charge in [-0.25, -0.2) is 0 Å². The van der Waals surface area contributed by atoms with E-state index in [1.807, 2.05) is 0 Å². The van der Waals surface area contributed by atoms with Crippen molar-refractivity contribution in [1.82, 2.24) is 5.32 Å². The molecule has 4 N–H and O–H groups in total. The van der Waals surface area contributed by atoms with Crippen molar-refractivity contribution in [1.29, 1.82) is 0 Å². The van der Waals surface area contributed by atoms with Gasteiger partial charge in [-0.15, -0.1) is 0 Å². The molecule has 0 atom stereocenters. The van der Waals surface area contributed by atoms with Crippen LogP contribution in [-0.2, 0) is 11.3 Å². The lowest BCUT2D eigenvalue weighted by atomic mass is 10.2. The molecule has 0 spiro atoms. The molecule has 0 aliphatic rings. The van der Waals surface area contributed by atoms with E-state index in [2.05, 4.69) is 5.32 Å². The smallest absolute Gasteiger partial charge is 0.217 e. The van der Waals surface area contributed by atoms with Crippen LogP contribution < -0.4 is 11.1 Å². The van der Waals surface area contributed by atoms with Gasteiger partial charge in [0, 0.05) is 13.5 Å². The molecule has 1 amide bonds. The average Bonchev–Trinajstić information content (AvgIpc) is 2.07. The largest absolute Gasteiger partial charge is 0.506 e. The molecule has 13 heavy (non-hydrogen) atoms. The quantitative estimate of drug-likeness (QED) is 0.461. The van der Waals surface area contributed by atoms with Gasteiger partial charge in [0.05, 0.1) is 5.69 Å². The van der Waals surface area contributed by atoms with Crippen molar-refractivity contribution in [3.63, 3.8) is 0 Å². The summed E-state index contributed by atoms with van der Waals surface area (Å²) in [6.07, 6.45) is 0. The second kappa shape index (κ2) is 3.80. The molecule has 0 saturated carbocycles. The first kappa shape index (κ1) is 9.38. The zero-order valence-electron chi connectivity index (χ0n) is 7.37. The van der Waals surface area contributed by atoms with E-state index in [0.29, 0.717) is 12.2 Å². The van der Waals surface area contributed by atoms with Gasteiger partial charge in [-0.3, -0.25) is 4.79 Å². The number of nitrogens with one attached hydrogen (secondary N) is 1. The van der Waals surface area contributed by atoms with Crippen molar-refractivity contribution in [2.75, 3.05) is 5.73 Å². The van der Waals surface area contributed by atoms with E-state index in [4.69, 9.17) is 10.8 Å². The molecule has 0 aliphatic carbocycles. The fraction of sp³-hybridized carbons (Fsp3) is 0.222. The van der Waals surface area contributed by atoms with Gasteiger partial charge in [-0.05, 0) is 17.7 Å². The van der Waals surface area contributed by atoms with Gasteiger partial charge in [0.25, 0.3) is 0 Å². The molecule has 0 radical (unpaired) electrons. The van der Waals surface area contributed by atoms with Crippen molar-refractivity contribution >= 4 is 11.6 Å². The summed E-state index contributed by atoms with van der Waals surface area (Å²) in [5.74, 6) is -0.0294. The maximum absolute atomic E-state index is 10.6. The SMILES string of the molecule is CC(=O)NCc1ccc(O)c(N)c1. The van der Waals surface area contributed by atoms with E-state index < -0.39 is 0 Å². The Morgan fingerprint density at radius 2 is 2.31 bits per heavy atom. The third-order valence-electron chi connectivity index (χ3n) is 1.63. The first-order chi connectivity index (χ1) is 6.09. The highest BCUT2D eigenvalue weighted by atomic mass is 16.3. The number of carbonyl (C=O) groups excluding carboxylic acids is 1. The van der Waals surface area contributed by atoms with Gasteiger partial charge < -0.3 is 16.2 Å². The maximum Gasteiger partial charge on any atom is 0.217 e. The number of aromatic hydroxyl groups is 1. The van der Waals surface area contributed by atoms with E-state index in [1.165, 1.54) is 13.0 Å². The number of anilines is 1. The highest BCUT2D eigenvalue weighted by Gasteiger charge is 1.98. The van der Waals surface area contributed by atoms with Gasteiger partial charge >= 0.3 is 0 Å². The van der Waals surface area contributed by atoms with Crippen LogP contribution in [-0.4, -0.2) is 11.0 Å². The van der Waals surface area contributed by atoms with Crippen molar-refractivity contribution in [2.45, 2.75) is 13.5 Å². The van der Waals surface area contributed by atoms with E-state index in [-0.39, 0.29) is 11.7 Å². The maximum atomic E-state index is 10.6. The summed E-state index contributed by atoms with van der Waals surface area (Å²) >= 11 is 0. The lowest BCUT2D eigenvalue weighted by molar-refractivity contribution is -0.119. The van der Waals surface area contributed by atoms with Crippen LogP contribution in [0.5, 0.6) is 5.75 Å². The van der Waals surface area contributed by atoms with Gasteiger partial charge in [0.15, 0.2) is 0 Å². The summed E-state index contributed by atoms with van der Waals surface area (Å²) in [6.45, 7) is 1.88. The number of nitrogen functional groups attached to an aromatic ring is 1. The van der Waals surface area contributed by atoms with Crippen LogP contribution in [0, 0.1) is 0 Å². The minimum absolute atomic E-state index is 0.0616. The number of phenolic OH excluding ortho intramolecular Hbond substituents is 1. The zero-order valence-corrected chi connectivity index (χ0v) is 7.37. The second-order valence-electron chi connectivity index (χ2n) is 2.80. The van der Waals surface area contributed by atoms with Crippen LogP contribution in [0.3, 0.4) is 0 Å². The van der Waals surface area contributed by atoms with E-state index in [0.717, 1.165) is 5.56 Å². The molecule has 0 aliphatic heterocycles. The van der Waals surface area contributed by atoms with Crippen molar-refractivity contribution in [3.05, 3.63) is 23.8 Å². The van der Waals surface area contributed by atoms with Gasteiger partial charge in [-0.1, -0.05) is 6.07 Å². The molecule has 0 saturated heterocycles. The minimum atomic E-state index is -0.0911. The Morgan fingerprint density at radius 3 is 2.85 bits per heavy atom. The Morgan fingerprint density at radius 1 is 1.62 bits per heavy atom. The molecule has 0 aromatic heterocycles. The third-order valence-corrected chi connectivity index (χ3v) is 1.63. The number of nitrogens with two attached hydrogens (primary N) is 1. The van der Waals surface area contributed by atoms with Crippen LogP contribution in [0.4, 0.5) is 5.69 Å². The molecular weight excluding hydrogens is 168 g/mol. The topological polar surface area (TPSA) is 75.3 Å². The molecule has 70 valence electrons. The van der Waals surface area contributed by atoms with E-state index >= 15 is 0 Å². The molecule has 0 bridgehead atoms. The molecule has 1 rings (SSSR count). The molecule has 0 unspecified atom stereocenters. The Hall–Kier alpha value is -1.71. The number of carbonyl (C=O) groups is 1. The number of hydrogen-bond donors (Lipinski definition) is 3. The molecular formula is C9H12N2O2. The minimum Gasteiger partial charge on any atom is -0.506 e. The fourth-order valence-electron chi connectivity index (χ4n) is 0.940. The first-order valence-electron chi connectivity index (χ1n) is 3.91. The number of hydrogen-bond acceptors (Lipinski definition) is 3. The van der Waals surface area contributed by atoms with Gasteiger partial charge in [0.2, 0.25) is 5.91 Å². The predicted molar refractivity (Wildman–Crippen MR) is 50.0 cm³/mol. The van der Waals surface area contributed by atoms with E-state index in [1.54, 1.807) is 12.1 Å². The summed E-state index contributed by atoms with van der Waals surface area (Å²) in [7, 11) is 0. The van der Waals surface area contributed by atoms with Crippen molar-refractivity contribution < 1.29 is 9.90 Å². The van der Waals surface area contributed by atoms with Crippen LogP contribution in [0.2, 0.25) is 0 Å². The normalized spacial score (nSPS) is 9.62.